The molecular formula is C13H19NO2. The summed E-state index contributed by atoms with van der Waals surface area (Å²) in [6.45, 7) is 0.462. The van der Waals surface area contributed by atoms with Crippen LogP contribution >= 0.6 is 0 Å². The fourth-order valence-electron chi connectivity index (χ4n) is 2.53. The van der Waals surface area contributed by atoms with E-state index in [0.717, 1.165) is 11.3 Å². The maximum absolute atomic E-state index is 5.42. The van der Waals surface area contributed by atoms with Gasteiger partial charge < -0.3 is 4.74 Å². The van der Waals surface area contributed by atoms with Gasteiger partial charge in [-0.2, -0.15) is 0 Å². The van der Waals surface area contributed by atoms with Gasteiger partial charge in [0.05, 0.1) is 13.7 Å². The Morgan fingerprint density at radius 2 is 2.06 bits per heavy atom. The number of rotatable bonds is 4. The molecule has 0 unspecified atom stereocenters. The van der Waals surface area contributed by atoms with Gasteiger partial charge in [0.15, 0.2) is 0 Å². The van der Waals surface area contributed by atoms with Crippen molar-refractivity contribution < 1.29 is 9.57 Å². The van der Waals surface area contributed by atoms with Gasteiger partial charge in [-0.3, -0.25) is 4.84 Å². The lowest BCUT2D eigenvalue weighted by molar-refractivity contribution is 0.124. The van der Waals surface area contributed by atoms with Crippen molar-refractivity contribution in [2.24, 2.45) is 5.90 Å². The fourth-order valence-corrected chi connectivity index (χ4v) is 2.53. The van der Waals surface area contributed by atoms with Crippen molar-refractivity contribution in [2.75, 3.05) is 7.11 Å². The van der Waals surface area contributed by atoms with E-state index in [1.54, 1.807) is 7.11 Å². The van der Waals surface area contributed by atoms with Crippen LogP contribution in [0.4, 0.5) is 0 Å². The minimum Gasteiger partial charge on any atom is -0.496 e. The fraction of sp³-hybridized carbons (Fsp3) is 0.538. The second-order valence-electron chi connectivity index (χ2n) is 4.37. The molecule has 3 nitrogen and oxygen atoms in total. The first kappa shape index (κ1) is 11.4. The van der Waals surface area contributed by atoms with E-state index in [0.29, 0.717) is 12.5 Å². The first-order valence-corrected chi connectivity index (χ1v) is 5.83. The Kier molecular flexibility index (Phi) is 3.80. The zero-order chi connectivity index (χ0) is 11.4. The third-order valence-electron chi connectivity index (χ3n) is 3.34. The topological polar surface area (TPSA) is 44.5 Å². The molecule has 0 spiro atoms. The molecule has 0 aliphatic heterocycles. The van der Waals surface area contributed by atoms with E-state index in [9.17, 15) is 0 Å². The molecule has 0 bridgehead atoms. The van der Waals surface area contributed by atoms with Crippen LogP contribution in [0.5, 0.6) is 5.75 Å². The second kappa shape index (κ2) is 5.32. The number of methoxy groups -OCH3 is 1. The molecule has 88 valence electrons. The van der Waals surface area contributed by atoms with Crippen molar-refractivity contribution >= 4 is 0 Å². The second-order valence-corrected chi connectivity index (χ2v) is 4.37. The molecule has 1 aromatic rings. The van der Waals surface area contributed by atoms with Crippen molar-refractivity contribution in [3.8, 4) is 5.75 Å². The summed E-state index contributed by atoms with van der Waals surface area (Å²) in [4.78, 5) is 4.68. The lowest BCUT2D eigenvalue weighted by Gasteiger charge is -2.15. The van der Waals surface area contributed by atoms with E-state index in [1.165, 1.54) is 31.2 Å². The van der Waals surface area contributed by atoms with Gasteiger partial charge in [0, 0.05) is 0 Å². The maximum atomic E-state index is 5.42. The van der Waals surface area contributed by atoms with Crippen LogP contribution in [-0.4, -0.2) is 7.11 Å². The normalized spacial score (nSPS) is 16.6. The molecule has 1 aliphatic rings. The Hall–Kier alpha value is -1.06. The summed E-state index contributed by atoms with van der Waals surface area (Å²) < 4.78 is 5.42. The third kappa shape index (κ3) is 2.36. The summed E-state index contributed by atoms with van der Waals surface area (Å²) >= 11 is 0. The van der Waals surface area contributed by atoms with Crippen molar-refractivity contribution in [3.63, 3.8) is 0 Å². The molecule has 0 heterocycles. The average Bonchev–Trinajstić information content (AvgIpc) is 2.83. The van der Waals surface area contributed by atoms with Crippen LogP contribution < -0.4 is 10.6 Å². The minimum absolute atomic E-state index is 0.462. The van der Waals surface area contributed by atoms with Crippen molar-refractivity contribution in [2.45, 2.75) is 38.2 Å². The first-order chi connectivity index (χ1) is 7.85. The minimum atomic E-state index is 0.462. The molecule has 16 heavy (non-hydrogen) atoms. The average molecular weight is 221 g/mol. The molecule has 1 fully saturated rings. The molecule has 0 saturated heterocycles. The summed E-state index contributed by atoms with van der Waals surface area (Å²) in [6.07, 6.45) is 5.18. The quantitative estimate of drug-likeness (QED) is 0.795. The number of hydrogen-bond acceptors (Lipinski definition) is 3. The molecule has 1 aliphatic carbocycles. The Morgan fingerprint density at radius 1 is 1.31 bits per heavy atom. The van der Waals surface area contributed by atoms with Crippen LogP contribution in [0, 0.1) is 0 Å². The van der Waals surface area contributed by atoms with Gasteiger partial charge in [-0.25, -0.2) is 5.90 Å². The van der Waals surface area contributed by atoms with E-state index < -0.39 is 0 Å². The van der Waals surface area contributed by atoms with Gasteiger partial charge in [0.2, 0.25) is 0 Å². The van der Waals surface area contributed by atoms with E-state index in [4.69, 9.17) is 10.6 Å². The predicted octanol–water partition coefficient (Wildman–Crippen LogP) is 2.74. The zero-order valence-electron chi connectivity index (χ0n) is 9.74. The van der Waals surface area contributed by atoms with Gasteiger partial charge in [0.25, 0.3) is 0 Å². The highest BCUT2D eigenvalue weighted by atomic mass is 16.6. The highest BCUT2D eigenvalue weighted by Crippen LogP contribution is 2.39. The molecule has 1 saturated carbocycles. The van der Waals surface area contributed by atoms with Crippen LogP contribution in [0.1, 0.15) is 42.7 Å². The Morgan fingerprint density at radius 3 is 2.69 bits per heavy atom. The maximum Gasteiger partial charge on any atom is 0.122 e. The zero-order valence-corrected chi connectivity index (χ0v) is 9.74. The molecule has 0 atom stereocenters. The van der Waals surface area contributed by atoms with Crippen LogP contribution in [0.3, 0.4) is 0 Å². The van der Waals surface area contributed by atoms with Gasteiger partial charge in [-0.1, -0.05) is 18.9 Å². The summed E-state index contributed by atoms with van der Waals surface area (Å²) in [6, 6.07) is 6.19. The lowest BCUT2D eigenvalue weighted by Crippen LogP contribution is -2.02. The smallest absolute Gasteiger partial charge is 0.122 e. The van der Waals surface area contributed by atoms with Crippen LogP contribution in [0.15, 0.2) is 18.2 Å². The summed E-state index contributed by atoms with van der Waals surface area (Å²) in [5.41, 5.74) is 2.43. The lowest BCUT2D eigenvalue weighted by atomic mass is 9.95. The standard InChI is InChI=1S/C13H19NO2/c1-15-13-7-6-10(9-16-14)8-12(13)11-4-2-3-5-11/h6-8,11H,2-5,9,14H2,1H3. The van der Waals surface area contributed by atoms with Gasteiger partial charge in [-0.15, -0.1) is 0 Å². The number of hydrogen-bond donors (Lipinski definition) is 1. The SMILES string of the molecule is COc1ccc(CON)cc1C1CCCC1. The predicted molar refractivity (Wildman–Crippen MR) is 63.2 cm³/mol. The largest absolute Gasteiger partial charge is 0.496 e. The van der Waals surface area contributed by atoms with Crippen molar-refractivity contribution in [1.29, 1.82) is 0 Å². The van der Waals surface area contributed by atoms with E-state index in [-0.39, 0.29) is 0 Å². The Labute approximate surface area is 96.5 Å². The number of benzene rings is 1. The summed E-state index contributed by atoms with van der Waals surface area (Å²) in [5, 5.41) is 0. The molecule has 1 aromatic carbocycles. The van der Waals surface area contributed by atoms with Crippen molar-refractivity contribution in [3.05, 3.63) is 29.3 Å². The number of ether oxygens (including phenoxy) is 1. The molecule has 0 aromatic heterocycles. The molecule has 0 radical (unpaired) electrons. The highest BCUT2D eigenvalue weighted by molar-refractivity contribution is 5.40. The summed E-state index contributed by atoms with van der Waals surface area (Å²) in [5.74, 6) is 6.74. The van der Waals surface area contributed by atoms with Crippen LogP contribution in [0.25, 0.3) is 0 Å². The van der Waals surface area contributed by atoms with E-state index in [1.807, 2.05) is 12.1 Å². The van der Waals surface area contributed by atoms with E-state index >= 15 is 0 Å². The monoisotopic (exact) mass is 221 g/mol. The molecule has 2 N–H and O–H groups in total. The Bertz CT molecular complexity index is 346. The van der Waals surface area contributed by atoms with Gasteiger partial charge >= 0.3 is 0 Å². The van der Waals surface area contributed by atoms with Crippen molar-refractivity contribution in [1.82, 2.24) is 0 Å². The molecular weight excluding hydrogens is 202 g/mol. The number of nitrogens with two attached hydrogens (primary N) is 1. The Balaban J connectivity index is 2.27. The van der Waals surface area contributed by atoms with Gasteiger partial charge in [-0.05, 0) is 42.0 Å². The molecule has 2 rings (SSSR count). The first-order valence-electron chi connectivity index (χ1n) is 5.83. The third-order valence-corrected chi connectivity index (χ3v) is 3.34. The van der Waals surface area contributed by atoms with Crippen LogP contribution in [-0.2, 0) is 11.4 Å². The van der Waals surface area contributed by atoms with Gasteiger partial charge in [0.1, 0.15) is 5.75 Å². The highest BCUT2D eigenvalue weighted by Gasteiger charge is 2.20. The summed E-state index contributed by atoms with van der Waals surface area (Å²) in [7, 11) is 1.73. The molecule has 0 amide bonds. The van der Waals surface area contributed by atoms with Crippen LogP contribution in [0.2, 0.25) is 0 Å². The molecule has 3 heteroatoms. The van der Waals surface area contributed by atoms with E-state index in [2.05, 4.69) is 10.9 Å².